The fourth-order valence-corrected chi connectivity index (χ4v) is 4.13. The molecule has 0 N–H and O–H groups in total. The van der Waals surface area contributed by atoms with Crippen LogP contribution in [-0.4, -0.2) is 14.7 Å². The van der Waals surface area contributed by atoms with E-state index in [1.165, 1.54) is 29.7 Å². The summed E-state index contributed by atoms with van der Waals surface area (Å²) in [5, 5.41) is 3.87. The third-order valence-electron chi connectivity index (χ3n) is 3.39. The lowest BCUT2D eigenvalue weighted by molar-refractivity contribution is 0.602. The van der Waals surface area contributed by atoms with E-state index < -0.39 is 9.84 Å². The summed E-state index contributed by atoms with van der Waals surface area (Å²) in [5.74, 6) is -0.294. The molecule has 5 heteroatoms. The summed E-state index contributed by atoms with van der Waals surface area (Å²) in [7, 11) is -3.32. The van der Waals surface area contributed by atoms with Gasteiger partial charge in [0.2, 0.25) is 0 Å². The third-order valence-corrected chi connectivity index (χ3v) is 5.29. The highest BCUT2D eigenvalue weighted by Gasteiger charge is 2.17. The molecule has 0 saturated carbocycles. The molecule has 0 unspecified atom stereocenters. The number of rotatable bonds is 3. The Morgan fingerprint density at radius 1 is 0.864 bits per heavy atom. The van der Waals surface area contributed by atoms with Crippen LogP contribution in [0.4, 0.5) is 4.39 Å². The summed E-state index contributed by atoms with van der Waals surface area (Å²) in [6, 6.07) is 13.1. The minimum absolute atomic E-state index is 0.294. The smallest absolute Gasteiger partial charge is 0.176 e. The second kappa shape index (κ2) is 5.66. The molecular formula is C17H13FO2S2. The first-order chi connectivity index (χ1) is 10.5. The second-order valence-corrected chi connectivity index (χ2v) is 7.70. The average molecular weight is 332 g/mol. The van der Waals surface area contributed by atoms with E-state index in [0.29, 0.717) is 10.5 Å². The molecule has 0 spiro atoms. The van der Waals surface area contributed by atoms with Crippen LogP contribution in [0.5, 0.6) is 0 Å². The zero-order valence-corrected chi connectivity index (χ0v) is 13.4. The number of halogens is 1. The van der Waals surface area contributed by atoms with Crippen molar-refractivity contribution in [3.8, 4) is 22.3 Å². The Balaban J connectivity index is 2.20. The van der Waals surface area contributed by atoms with Gasteiger partial charge in [-0.05, 0) is 34.5 Å². The van der Waals surface area contributed by atoms with Crippen LogP contribution in [-0.2, 0) is 9.84 Å². The van der Waals surface area contributed by atoms with Crippen molar-refractivity contribution in [2.45, 2.75) is 4.90 Å². The van der Waals surface area contributed by atoms with Crippen LogP contribution in [0.1, 0.15) is 0 Å². The minimum Gasteiger partial charge on any atom is -0.224 e. The number of hydrogen-bond donors (Lipinski definition) is 0. The lowest BCUT2D eigenvalue weighted by Crippen LogP contribution is -1.99. The van der Waals surface area contributed by atoms with E-state index in [2.05, 4.69) is 0 Å². The van der Waals surface area contributed by atoms with Gasteiger partial charge in [-0.3, -0.25) is 0 Å². The van der Waals surface area contributed by atoms with Gasteiger partial charge in [-0.1, -0.05) is 30.3 Å². The summed E-state index contributed by atoms with van der Waals surface area (Å²) >= 11 is 1.49. The monoisotopic (exact) mass is 332 g/mol. The number of hydrogen-bond acceptors (Lipinski definition) is 3. The van der Waals surface area contributed by atoms with Gasteiger partial charge < -0.3 is 0 Å². The van der Waals surface area contributed by atoms with E-state index in [1.54, 1.807) is 30.3 Å². The Labute approximate surface area is 132 Å². The van der Waals surface area contributed by atoms with Crippen LogP contribution in [0.15, 0.2) is 64.2 Å². The van der Waals surface area contributed by atoms with Gasteiger partial charge in [0, 0.05) is 22.9 Å². The average Bonchev–Trinajstić information content (AvgIpc) is 2.96. The van der Waals surface area contributed by atoms with Crippen molar-refractivity contribution in [3.05, 3.63) is 65.1 Å². The topological polar surface area (TPSA) is 34.1 Å². The van der Waals surface area contributed by atoms with Crippen LogP contribution < -0.4 is 0 Å². The van der Waals surface area contributed by atoms with Gasteiger partial charge in [0.15, 0.2) is 9.84 Å². The van der Waals surface area contributed by atoms with E-state index in [-0.39, 0.29) is 5.82 Å². The molecule has 2 aromatic carbocycles. The van der Waals surface area contributed by atoms with Crippen molar-refractivity contribution >= 4 is 21.2 Å². The molecule has 0 amide bonds. The first-order valence-electron chi connectivity index (χ1n) is 6.58. The fourth-order valence-electron chi connectivity index (χ4n) is 2.37. The Bertz CT molecular complexity index is 910. The van der Waals surface area contributed by atoms with Crippen LogP contribution >= 0.6 is 11.3 Å². The SMILES string of the molecule is CS(=O)(=O)c1ccccc1-c1cscc1-c1ccc(F)cc1. The maximum absolute atomic E-state index is 13.1. The van der Waals surface area contributed by atoms with Gasteiger partial charge in [0.1, 0.15) is 5.82 Å². The molecule has 0 saturated heterocycles. The summed E-state index contributed by atoms with van der Waals surface area (Å²) in [5.41, 5.74) is 3.28. The molecule has 1 aromatic heterocycles. The molecule has 0 aliphatic carbocycles. The van der Waals surface area contributed by atoms with Crippen molar-refractivity contribution in [3.63, 3.8) is 0 Å². The first kappa shape index (κ1) is 14.9. The molecule has 0 aliphatic heterocycles. The van der Waals surface area contributed by atoms with Crippen molar-refractivity contribution in [2.24, 2.45) is 0 Å². The van der Waals surface area contributed by atoms with Gasteiger partial charge in [0.05, 0.1) is 4.90 Å². The van der Waals surface area contributed by atoms with Gasteiger partial charge in [-0.15, -0.1) is 0 Å². The normalized spacial score (nSPS) is 11.5. The van der Waals surface area contributed by atoms with Crippen molar-refractivity contribution in [2.75, 3.05) is 6.26 Å². The Hall–Kier alpha value is -1.98. The molecule has 22 heavy (non-hydrogen) atoms. The molecular weight excluding hydrogens is 319 g/mol. The predicted octanol–water partition coefficient (Wildman–Crippen LogP) is 4.62. The van der Waals surface area contributed by atoms with Crippen molar-refractivity contribution in [1.82, 2.24) is 0 Å². The maximum atomic E-state index is 13.1. The van der Waals surface area contributed by atoms with Crippen LogP contribution in [0, 0.1) is 5.82 Å². The Kier molecular flexibility index (Phi) is 3.85. The largest absolute Gasteiger partial charge is 0.224 e. The zero-order valence-electron chi connectivity index (χ0n) is 11.8. The van der Waals surface area contributed by atoms with E-state index in [4.69, 9.17) is 0 Å². The van der Waals surface area contributed by atoms with E-state index >= 15 is 0 Å². The quantitative estimate of drug-likeness (QED) is 0.701. The number of sulfone groups is 1. The maximum Gasteiger partial charge on any atom is 0.176 e. The van der Waals surface area contributed by atoms with E-state index in [1.807, 2.05) is 16.8 Å². The van der Waals surface area contributed by atoms with Gasteiger partial charge in [-0.25, -0.2) is 12.8 Å². The third kappa shape index (κ3) is 2.82. The molecule has 0 atom stereocenters. The molecule has 3 rings (SSSR count). The zero-order chi connectivity index (χ0) is 15.7. The molecule has 0 fully saturated rings. The van der Waals surface area contributed by atoms with Gasteiger partial charge in [-0.2, -0.15) is 11.3 Å². The Morgan fingerprint density at radius 3 is 2.18 bits per heavy atom. The summed E-state index contributed by atoms with van der Waals surface area (Å²) in [4.78, 5) is 0.303. The first-order valence-corrected chi connectivity index (χ1v) is 9.42. The molecule has 3 aromatic rings. The van der Waals surface area contributed by atoms with Crippen LogP contribution in [0.25, 0.3) is 22.3 Å². The molecule has 0 bridgehead atoms. The lowest BCUT2D eigenvalue weighted by Gasteiger charge is -2.09. The van der Waals surface area contributed by atoms with Gasteiger partial charge in [0.25, 0.3) is 0 Å². The fraction of sp³-hybridized carbons (Fsp3) is 0.0588. The van der Waals surface area contributed by atoms with E-state index in [9.17, 15) is 12.8 Å². The minimum atomic E-state index is -3.32. The van der Waals surface area contributed by atoms with Crippen LogP contribution in [0.2, 0.25) is 0 Å². The highest BCUT2D eigenvalue weighted by atomic mass is 32.2. The summed E-state index contributed by atoms with van der Waals surface area (Å²) < 4.78 is 37.1. The van der Waals surface area contributed by atoms with Crippen LogP contribution in [0.3, 0.4) is 0 Å². The standard InChI is InChI=1S/C17H13FO2S2/c1-22(19,20)17-5-3-2-4-14(17)16-11-21-10-15(16)12-6-8-13(18)9-7-12/h2-11H,1H3. The predicted molar refractivity (Wildman–Crippen MR) is 88.3 cm³/mol. The summed E-state index contributed by atoms with van der Waals surface area (Å²) in [6.45, 7) is 0. The molecule has 1 heterocycles. The van der Waals surface area contributed by atoms with Gasteiger partial charge >= 0.3 is 0 Å². The number of benzene rings is 2. The highest BCUT2D eigenvalue weighted by molar-refractivity contribution is 7.90. The second-order valence-electron chi connectivity index (χ2n) is 4.97. The van der Waals surface area contributed by atoms with Crippen molar-refractivity contribution in [1.29, 1.82) is 0 Å². The molecule has 0 aliphatic rings. The highest BCUT2D eigenvalue weighted by Crippen LogP contribution is 2.38. The summed E-state index contributed by atoms with van der Waals surface area (Å²) in [6.07, 6.45) is 1.20. The van der Waals surface area contributed by atoms with Crippen molar-refractivity contribution < 1.29 is 12.8 Å². The molecule has 2 nitrogen and oxygen atoms in total. The van der Waals surface area contributed by atoms with E-state index in [0.717, 1.165) is 16.7 Å². The molecule has 0 radical (unpaired) electrons. The molecule has 112 valence electrons. The lowest BCUT2D eigenvalue weighted by atomic mass is 9.99. The number of thiophene rings is 1. The Morgan fingerprint density at radius 2 is 1.50 bits per heavy atom.